The van der Waals surface area contributed by atoms with E-state index in [2.05, 4.69) is 13.0 Å². The predicted molar refractivity (Wildman–Crippen MR) is 90.4 cm³/mol. The van der Waals surface area contributed by atoms with Gasteiger partial charge in [-0.05, 0) is 19.8 Å². The molecule has 2 saturated carbocycles. The summed E-state index contributed by atoms with van der Waals surface area (Å²) < 4.78 is 0. The molecule has 2 fully saturated rings. The van der Waals surface area contributed by atoms with Crippen molar-refractivity contribution < 1.29 is 0 Å². The molecule has 0 aliphatic heterocycles. The van der Waals surface area contributed by atoms with Gasteiger partial charge in [0.2, 0.25) is 0 Å². The normalized spacial score (nSPS) is 35.4. The number of hydrogen-bond donors (Lipinski definition) is 0. The molecule has 0 aromatic heterocycles. The zero-order valence-electron chi connectivity index (χ0n) is 13.8. The van der Waals surface area contributed by atoms with E-state index in [-0.39, 0.29) is 16.2 Å². The van der Waals surface area contributed by atoms with Gasteiger partial charge in [-0.2, -0.15) is 5.26 Å². The third-order valence-corrected chi connectivity index (χ3v) is 7.03. The first-order valence-corrected chi connectivity index (χ1v) is 9.66. The van der Waals surface area contributed by atoms with Gasteiger partial charge in [0.05, 0.1) is 16.9 Å². The molecule has 0 bridgehead atoms. The molecule has 21 heavy (non-hydrogen) atoms. The highest BCUT2D eigenvalue weighted by Crippen LogP contribution is 2.71. The highest BCUT2D eigenvalue weighted by molar-refractivity contribution is 6.24. The Balaban J connectivity index is 1.89. The molecule has 0 amide bonds. The number of nitriles is 1. The largest absolute Gasteiger partial charge is 0.198 e. The van der Waals surface area contributed by atoms with Crippen molar-refractivity contribution >= 4 is 11.6 Å². The van der Waals surface area contributed by atoms with Crippen molar-refractivity contribution in [3.63, 3.8) is 0 Å². The first-order chi connectivity index (χ1) is 10.2. The van der Waals surface area contributed by atoms with Crippen molar-refractivity contribution in [2.24, 2.45) is 10.8 Å². The highest BCUT2D eigenvalue weighted by atomic mass is 35.5. The van der Waals surface area contributed by atoms with Crippen LogP contribution < -0.4 is 0 Å². The third-order valence-electron chi connectivity index (χ3n) is 6.17. The Bertz CT molecular complexity index is 343. The van der Waals surface area contributed by atoms with Crippen LogP contribution in [0.25, 0.3) is 0 Å². The maximum atomic E-state index is 9.53. The van der Waals surface area contributed by atoms with Crippen LogP contribution >= 0.6 is 11.6 Å². The monoisotopic (exact) mass is 309 g/mol. The van der Waals surface area contributed by atoms with Gasteiger partial charge in [0, 0.05) is 5.41 Å². The van der Waals surface area contributed by atoms with E-state index in [0.717, 1.165) is 0 Å². The van der Waals surface area contributed by atoms with Gasteiger partial charge in [0.1, 0.15) is 0 Å². The van der Waals surface area contributed by atoms with Gasteiger partial charge in [-0.25, -0.2) is 0 Å². The topological polar surface area (TPSA) is 23.8 Å². The van der Waals surface area contributed by atoms with E-state index in [4.69, 9.17) is 11.6 Å². The summed E-state index contributed by atoms with van der Waals surface area (Å²) in [6.07, 6.45) is 18.7. The van der Waals surface area contributed by atoms with Crippen LogP contribution in [0.1, 0.15) is 96.8 Å². The van der Waals surface area contributed by atoms with Gasteiger partial charge in [-0.3, -0.25) is 0 Å². The molecule has 0 radical (unpaired) electrons. The van der Waals surface area contributed by atoms with Gasteiger partial charge < -0.3 is 0 Å². The smallest absolute Gasteiger partial charge is 0.0785 e. The summed E-state index contributed by atoms with van der Waals surface area (Å²) in [5.74, 6) is 0. The second kappa shape index (κ2) is 7.87. The second-order valence-electron chi connectivity index (χ2n) is 7.58. The minimum atomic E-state index is -0.261. The molecule has 0 saturated heterocycles. The van der Waals surface area contributed by atoms with Crippen molar-refractivity contribution in [3.8, 4) is 6.07 Å². The Morgan fingerprint density at radius 3 is 1.38 bits per heavy atom. The van der Waals surface area contributed by atoms with Crippen molar-refractivity contribution in [1.29, 1.82) is 5.26 Å². The predicted octanol–water partition coefficient (Wildman–Crippen LogP) is 6.60. The first kappa shape index (κ1) is 17.1. The number of rotatable bonds is 0. The molecule has 2 heteroatoms. The molecule has 0 N–H and O–H groups in total. The summed E-state index contributed by atoms with van der Waals surface area (Å²) in [6.45, 7) is 2.10. The van der Waals surface area contributed by atoms with Crippen LogP contribution in [-0.4, -0.2) is 5.38 Å². The summed E-state index contributed by atoms with van der Waals surface area (Å²) in [7, 11) is 0. The fourth-order valence-corrected chi connectivity index (χ4v) is 5.07. The van der Waals surface area contributed by atoms with Gasteiger partial charge in [0.15, 0.2) is 0 Å². The Labute approximate surface area is 136 Å². The quantitative estimate of drug-likeness (QED) is 0.462. The lowest BCUT2D eigenvalue weighted by molar-refractivity contribution is 0.329. The van der Waals surface area contributed by atoms with E-state index < -0.39 is 0 Å². The molecule has 2 aliphatic carbocycles. The minimum Gasteiger partial charge on any atom is -0.198 e. The second-order valence-corrected chi connectivity index (χ2v) is 8.01. The average Bonchev–Trinajstić information content (AvgIpc) is 2.96. The molecule has 1 spiro atoms. The Hall–Kier alpha value is -0.220. The van der Waals surface area contributed by atoms with Gasteiger partial charge in [0.25, 0.3) is 0 Å². The standard InChI is InChI=1S/C19H32ClN/c1-18(16-21)17(20)19(18)14-12-10-8-6-4-2-3-5-7-9-11-13-15-19/h17H,2-15H2,1H3. The fraction of sp³-hybridized carbons (Fsp3) is 0.947. The lowest BCUT2D eigenvalue weighted by Crippen LogP contribution is -2.11. The molecule has 2 unspecified atom stereocenters. The summed E-state index contributed by atoms with van der Waals surface area (Å²) in [6, 6.07) is 2.54. The average molecular weight is 310 g/mol. The van der Waals surface area contributed by atoms with Crippen molar-refractivity contribution in [2.75, 3.05) is 0 Å². The molecule has 2 rings (SSSR count). The van der Waals surface area contributed by atoms with E-state index in [0.29, 0.717) is 0 Å². The van der Waals surface area contributed by atoms with Crippen LogP contribution in [0.3, 0.4) is 0 Å². The zero-order valence-corrected chi connectivity index (χ0v) is 14.6. The molecule has 2 aliphatic rings. The van der Waals surface area contributed by atoms with Crippen molar-refractivity contribution in [3.05, 3.63) is 0 Å². The van der Waals surface area contributed by atoms with Crippen LogP contribution in [0.2, 0.25) is 0 Å². The Morgan fingerprint density at radius 2 is 1.10 bits per heavy atom. The van der Waals surface area contributed by atoms with Crippen LogP contribution in [0.15, 0.2) is 0 Å². The molecule has 2 atom stereocenters. The molecule has 1 nitrogen and oxygen atoms in total. The SMILES string of the molecule is CC1(C#N)C(Cl)C12CCCCCCCCCCCCCC2. The van der Waals surface area contributed by atoms with E-state index in [1.807, 2.05) is 0 Å². The lowest BCUT2D eigenvalue weighted by atomic mass is 9.84. The molecule has 0 aromatic rings. The van der Waals surface area contributed by atoms with E-state index in [1.54, 1.807) is 0 Å². The maximum Gasteiger partial charge on any atom is 0.0785 e. The van der Waals surface area contributed by atoms with E-state index >= 15 is 0 Å². The van der Waals surface area contributed by atoms with Crippen molar-refractivity contribution in [2.45, 2.75) is 102 Å². The van der Waals surface area contributed by atoms with Gasteiger partial charge >= 0.3 is 0 Å². The van der Waals surface area contributed by atoms with Crippen LogP contribution in [0, 0.1) is 22.2 Å². The van der Waals surface area contributed by atoms with Crippen molar-refractivity contribution in [1.82, 2.24) is 0 Å². The summed E-state index contributed by atoms with van der Waals surface area (Å²) in [5.41, 5.74) is -0.133. The van der Waals surface area contributed by atoms with Crippen LogP contribution in [-0.2, 0) is 0 Å². The van der Waals surface area contributed by atoms with E-state index in [9.17, 15) is 5.26 Å². The first-order valence-electron chi connectivity index (χ1n) is 9.23. The molecular formula is C19H32ClN. The maximum absolute atomic E-state index is 9.53. The minimum absolute atomic E-state index is 0.0886. The molecule has 120 valence electrons. The Morgan fingerprint density at radius 1 is 0.762 bits per heavy atom. The molecule has 0 heterocycles. The van der Waals surface area contributed by atoms with Crippen LogP contribution in [0.4, 0.5) is 0 Å². The van der Waals surface area contributed by atoms with Crippen LogP contribution in [0.5, 0.6) is 0 Å². The number of alkyl halides is 1. The number of halogens is 1. The Kier molecular flexibility index (Phi) is 6.42. The zero-order chi connectivity index (χ0) is 15.2. The summed E-state index contributed by atoms with van der Waals surface area (Å²) in [5, 5.41) is 9.62. The van der Waals surface area contributed by atoms with E-state index in [1.165, 1.54) is 89.9 Å². The fourth-order valence-electron chi connectivity index (χ4n) is 4.42. The molecular weight excluding hydrogens is 278 g/mol. The summed E-state index contributed by atoms with van der Waals surface area (Å²) >= 11 is 6.58. The highest BCUT2D eigenvalue weighted by Gasteiger charge is 2.72. The number of hydrogen-bond acceptors (Lipinski definition) is 1. The third kappa shape index (κ3) is 3.76. The number of nitrogens with zero attached hydrogens (tertiary/aromatic N) is 1. The van der Waals surface area contributed by atoms with Gasteiger partial charge in [-0.15, -0.1) is 11.6 Å². The molecule has 0 aromatic carbocycles. The van der Waals surface area contributed by atoms with Gasteiger partial charge in [-0.1, -0.05) is 77.0 Å². The summed E-state index contributed by atoms with van der Waals surface area (Å²) in [4.78, 5) is 0. The lowest BCUT2D eigenvalue weighted by Gasteiger charge is -2.18.